The maximum atomic E-state index is 3.10. The van der Waals surface area contributed by atoms with Crippen LogP contribution >= 0.6 is 15.9 Å². The molecular formula is C7H18P2. The van der Waals surface area contributed by atoms with Gasteiger partial charge in [-0.05, 0) is 0 Å². The van der Waals surface area contributed by atoms with E-state index in [0.29, 0.717) is 0 Å². The molecule has 0 aromatic carbocycles. The molecule has 56 valence electrons. The Labute approximate surface area is 61.2 Å². The van der Waals surface area contributed by atoms with E-state index in [9.17, 15) is 0 Å². The van der Waals surface area contributed by atoms with Crippen LogP contribution in [0.5, 0.6) is 0 Å². The van der Waals surface area contributed by atoms with Crippen LogP contribution < -0.4 is 0 Å². The molecule has 1 unspecified atom stereocenters. The zero-order valence-corrected chi connectivity index (χ0v) is 8.64. The van der Waals surface area contributed by atoms with Gasteiger partial charge in [0.05, 0.1) is 0 Å². The van der Waals surface area contributed by atoms with Crippen molar-refractivity contribution >= 4 is 15.9 Å². The molecule has 9 heavy (non-hydrogen) atoms. The summed E-state index contributed by atoms with van der Waals surface area (Å²) in [5, 5.41) is 0. The standard InChI is InChI=1S/C7H18P2/c1-9(2,8)7-5-3-4-6-7/h7,9H,3-6,8H2,1-2H3. The second-order valence-corrected chi connectivity index (χ2v) is 12.7. The van der Waals surface area contributed by atoms with Crippen molar-refractivity contribution < 1.29 is 0 Å². The van der Waals surface area contributed by atoms with Gasteiger partial charge in [-0.15, -0.1) is 0 Å². The first-order chi connectivity index (χ1) is 4.11. The van der Waals surface area contributed by atoms with Gasteiger partial charge >= 0.3 is 60.6 Å². The van der Waals surface area contributed by atoms with Crippen molar-refractivity contribution in [3.8, 4) is 0 Å². The quantitative estimate of drug-likeness (QED) is 0.523. The SMILES string of the molecule is C[PH](C)(P)C1CCCC1. The molecule has 1 saturated carbocycles. The van der Waals surface area contributed by atoms with Crippen molar-refractivity contribution in [1.82, 2.24) is 0 Å². The summed E-state index contributed by atoms with van der Waals surface area (Å²) in [6.07, 6.45) is 6.02. The third-order valence-corrected chi connectivity index (χ3v) is 6.50. The van der Waals surface area contributed by atoms with E-state index in [4.69, 9.17) is 0 Å². The molecule has 0 aromatic heterocycles. The fourth-order valence-electron chi connectivity index (χ4n) is 1.67. The molecule has 0 saturated heterocycles. The monoisotopic (exact) mass is 164 g/mol. The molecule has 0 aromatic rings. The van der Waals surface area contributed by atoms with Gasteiger partial charge in [-0.3, -0.25) is 0 Å². The van der Waals surface area contributed by atoms with Crippen molar-refractivity contribution in [2.45, 2.75) is 31.3 Å². The first-order valence-electron chi connectivity index (χ1n) is 3.89. The van der Waals surface area contributed by atoms with E-state index in [1.165, 1.54) is 25.7 Å². The summed E-state index contributed by atoms with van der Waals surface area (Å²) >= 11 is 0. The predicted molar refractivity (Wildman–Crippen MR) is 52.1 cm³/mol. The molecule has 1 fully saturated rings. The molecule has 0 N–H and O–H groups in total. The van der Waals surface area contributed by atoms with Crippen molar-refractivity contribution in [3.05, 3.63) is 0 Å². The summed E-state index contributed by atoms with van der Waals surface area (Å²) in [5.41, 5.74) is 1.11. The van der Waals surface area contributed by atoms with Gasteiger partial charge in [-0.25, -0.2) is 0 Å². The third kappa shape index (κ3) is 2.17. The summed E-state index contributed by atoms with van der Waals surface area (Å²) < 4.78 is 0. The Morgan fingerprint density at radius 2 is 1.67 bits per heavy atom. The minimum absolute atomic E-state index is 0.807. The van der Waals surface area contributed by atoms with Gasteiger partial charge in [0.15, 0.2) is 0 Å². The second-order valence-electron chi connectivity index (χ2n) is 3.80. The van der Waals surface area contributed by atoms with E-state index in [1.54, 1.807) is 0 Å². The van der Waals surface area contributed by atoms with Crippen LogP contribution in [-0.4, -0.2) is 19.0 Å². The van der Waals surface area contributed by atoms with Crippen molar-refractivity contribution in [2.24, 2.45) is 0 Å². The summed E-state index contributed by atoms with van der Waals surface area (Å²) in [5.74, 6) is 0. The number of hydrogen-bond acceptors (Lipinski definition) is 0. The molecular weight excluding hydrogens is 146 g/mol. The fourth-order valence-corrected chi connectivity index (χ4v) is 4.57. The Balaban J connectivity index is 2.42. The van der Waals surface area contributed by atoms with E-state index in [0.717, 1.165) is 5.66 Å². The van der Waals surface area contributed by atoms with Crippen LogP contribution in [-0.2, 0) is 0 Å². The molecule has 0 aliphatic heterocycles. The first-order valence-corrected chi connectivity index (χ1v) is 8.78. The average Bonchev–Trinajstić information content (AvgIpc) is 2.08. The van der Waals surface area contributed by atoms with Crippen LogP contribution in [0.4, 0.5) is 0 Å². The van der Waals surface area contributed by atoms with Crippen LogP contribution in [0.3, 0.4) is 0 Å². The zero-order chi connectivity index (χ0) is 6.91. The maximum absolute atomic E-state index is 3.10. The van der Waals surface area contributed by atoms with Crippen LogP contribution in [0, 0.1) is 0 Å². The van der Waals surface area contributed by atoms with Gasteiger partial charge in [-0.1, -0.05) is 0 Å². The Morgan fingerprint density at radius 1 is 1.22 bits per heavy atom. The van der Waals surface area contributed by atoms with Crippen molar-refractivity contribution in [1.29, 1.82) is 0 Å². The van der Waals surface area contributed by atoms with Crippen molar-refractivity contribution in [3.63, 3.8) is 0 Å². The van der Waals surface area contributed by atoms with Gasteiger partial charge in [-0.2, -0.15) is 0 Å². The second kappa shape index (κ2) is 2.85. The van der Waals surface area contributed by atoms with Gasteiger partial charge in [0, 0.05) is 0 Å². The Hall–Kier alpha value is 0.860. The van der Waals surface area contributed by atoms with E-state index < -0.39 is 6.95 Å². The summed E-state index contributed by atoms with van der Waals surface area (Å²) in [7, 11) is 3.10. The van der Waals surface area contributed by atoms with Crippen LogP contribution in [0.25, 0.3) is 0 Å². The first kappa shape index (κ1) is 7.96. The molecule has 0 amide bonds. The minimum atomic E-state index is -0.807. The van der Waals surface area contributed by atoms with Crippen LogP contribution in [0.2, 0.25) is 0 Å². The Kier molecular flexibility index (Phi) is 2.52. The normalized spacial score (nSPS) is 24.8. The van der Waals surface area contributed by atoms with E-state index in [1.807, 2.05) is 0 Å². The van der Waals surface area contributed by atoms with Crippen LogP contribution in [0.1, 0.15) is 25.7 Å². The summed E-state index contributed by atoms with van der Waals surface area (Å²) in [6.45, 7) is 4.12. The molecule has 2 heteroatoms. The zero-order valence-electron chi connectivity index (χ0n) is 6.48. The molecule has 1 atom stereocenters. The predicted octanol–water partition coefficient (Wildman–Crippen LogP) is 2.73. The Morgan fingerprint density at radius 3 is 1.89 bits per heavy atom. The molecule has 1 aliphatic carbocycles. The van der Waals surface area contributed by atoms with Crippen molar-refractivity contribution in [2.75, 3.05) is 13.3 Å². The topological polar surface area (TPSA) is 0 Å². The molecule has 0 heterocycles. The average molecular weight is 164 g/mol. The molecule has 1 aliphatic rings. The molecule has 0 spiro atoms. The molecule has 0 bridgehead atoms. The van der Waals surface area contributed by atoms with E-state index >= 15 is 0 Å². The molecule has 1 rings (SSSR count). The van der Waals surface area contributed by atoms with E-state index in [-0.39, 0.29) is 0 Å². The summed E-state index contributed by atoms with van der Waals surface area (Å²) in [4.78, 5) is 0. The fraction of sp³-hybridized carbons (Fsp3) is 1.00. The third-order valence-electron chi connectivity index (χ3n) is 2.41. The number of hydrogen-bond donors (Lipinski definition) is 0. The summed E-state index contributed by atoms with van der Waals surface area (Å²) in [6, 6.07) is 0. The molecule has 0 radical (unpaired) electrons. The van der Waals surface area contributed by atoms with Gasteiger partial charge in [0.1, 0.15) is 0 Å². The Bertz CT molecular complexity index is 87.6. The number of rotatable bonds is 1. The van der Waals surface area contributed by atoms with Gasteiger partial charge in [0.25, 0.3) is 0 Å². The van der Waals surface area contributed by atoms with Gasteiger partial charge in [0.2, 0.25) is 0 Å². The van der Waals surface area contributed by atoms with Gasteiger partial charge < -0.3 is 0 Å². The van der Waals surface area contributed by atoms with E-state index in [2.05, 4.69) is 22.3 Å². The van der Waals surface area contributed by atoms with Crippen LogP contribution in [0.15, 0.2) is 0 Å². The molecule has 0 nitrogen and oxygen atoms in total.